The number of carboxylic acid groups (broad SMARTS) is 1. The first-order valence-corrected chi connectivity index (χ1v) is 9.04. The summed E-state index contributed by atoms with van der Waals surface area (Å²) in [6, 6.07) is 5.91. The third-order valence-corrected chi connectivity index (χ3v) is 4.65. The molecule has 3 N–H and O–H groups in total. The molecule has 1 amide bonds. The SMILES string of the molecule is O=C(Cc1ccc(C(F)(F)F)cc1F)NCc1cc(Cl)cc2cc(C(=O)O)c(=O)[nH]c12. The Balaban J connectivity index is 1.80. The van der Waals surface area contributed by atoms with Gasteiger partial charge in [-0.1, -0.05) is 17.7 Å². The number of amides is 1. The van der Waals surface area contributed by atoms with E-state index in [0.717, 1.165) is 12.1 Å². The Bertz CT molecular complexity index is 1250. The van der Waals surface area contributed by atoms with Crippen LogP contribution in [0.25, 0.3) is 10.9 Å². The number of carbonyl (C=O) groups is 2. The van der Waals surface area contributed by atoms with E-state index in [4.69, 9.17) is 16.7 Å². The maximum atomic E-state index is 13.9. The average Bonchev–Trinajstić information content (AvgIpc) is 2.66. The van der Waals surface area contributed by atoms with Gasteiger partial charge in [-0.25, -0.2) is 9.18 Å². The number of fused-ring (bicyclic) bond motifs is 1. The van der Waals surface area contributed by atoms with Crippen LogP contribution < -0.4 is 10.9 Å². The third-order valence-electron chi connectivity index (χ3n) is 4.44. The molecule has 1 heterocycles. The van der Waals surface area contributed by atoms with Gasteiger partial charge in [0.25, 0.3) is 5.56 Å². The van der Waals surface area contributed by atoms with E-state index in [1.54, 1.807) is 0 Å². The number of carbonyl (C=O) groups excluding carboxylic acids is 1. The third kappa shape index (κ3) is 5.02. The number of alkyl halides is 3. The van der Waals surface area contributed by atoms with Gasteiger partial charge in [0.1, 0.15) is 11.4 Å². The van der Waals surface area contributed by atoms with Crippen molar-refractivity contribution in [3.8, 4) is 0 Å². The minimum Gasteiger partial charge on any atom is -0.477 e. The summed E-state index contributed by atoms with van der Waals surface area (Å²) >= 11 is 6.02. The zero-order chi connectivity index (χ0) is 22.9. The van der Waals surface area contributed by atoms with Crippen molar-refractivity contribution in [1.29, 1.82) is 0 Å². The Morgan fingerprint density at radius 1 is 1.10 bits per heavy atom. The highest BCUT2D eigenvalue weighted by Gasteiger charge is 2.31. The van der Waals surface area contributed by atoms with Crippen molar-refractivity contribution in [2.75, 3.05) is 0 Å². The first kappa shape index (κ1) is 22.3. The molecule has 31 heavy (non-hydrogen) atoms. The van der Waals surface area contributed by atoms with Gasteiger partial charge in [-0.3, -0.25) is 9.59 Å². The van der Waals surface area contributed by atoms with Gasteiger partial charge in [0.15, 0.2) is 0 Å². The quantitative estimate of drug-likeness (QED) is 0.507. The Morgan fingerprint density at radius 2 is 1.81 bits per heavy atom. The van der Waals surface area contributed by atoms with Crippen molar-refractivity contribution in [3.63, 3.8) is 0 Å². The molecule has 0 radical (unpaired) electrons. The molecule has 2 aromatic carbocycles. The van der Waals surface area contributed by atoms with Crippen LogP contribution in [0.15, 0.2) is 41.2 Å². The number of H-pyrrole nitrogens is 1. The lowest BCUT2D eigenvalue weighted by atomic mass is 10.1. The van der Waals surface area contributed by atoms with Crippen molar-refractivity contribution in [3.05, 3.63) is 79.8 Å². The lowest BCUT2D eigenvalue weighted by Crippen LogP contribution is -2.25. The minimum atomic E-state index is -4.70. The van der Waals surface area contributed by atoms with E-state index in [2.05, 4.69) is 10.3 Å². The van der Waals surface area contributed by atoms with Crippen LogP contribution in [-0.2, 0) is 23.9 Å². The zero-order valence-corrected chi connectivity index (χ0v) is 16.2. The van der Waals surface area contributed by atoms with Gasteiger partial charge in [-0.05, 0) is 41.5 Å². The fourth-order valence-corrected chi connectivity index (χ4v) is 3.20. The molecule has 0 fully saturated rings. The average molecular weight is 457 g/mol. The zero-order valence-electron chi connectivity index (χ0n) is 15.4. The molecule has 0 atom stereocenters. The number of hydrogen-bond donors (Lipinski definition) is 3. The summed E-state index contributed by atoms with van der Waals surface area (Å²) in [4.78, 5) is 37.7. The van der Waals surface area contributed by atoms with Crippen LogP contribution in [0.1, 0.15) is 27.0 Å². The molecule has 1 aromatic heterocycles. The van der Waals surface area contributed by atoms with E-state index in [9.17, 15) is 31.9 Å². The van der Waals surface area contributed by atoms with Crippen LogP contribution in [0, 0.1) is 5.82 Å². The van der Waals surface area contributed by atoms with Crippen LogP contribution in [0.4, 0.5) is 17.6 Å². The number of nitrogens with one attached hydrogen (secondary N) is 2. The van der Waals surface area contributed by atoms with Gasteiger partial charge >= 0.3 is 12.1 Å². The minimum absolute atomic E-state index is 0.152. The summed E-state index contributed by atoms with van der Waals surface area (Å²) in [5.74, 6) is -3.27. The van der Waals surface area contributed by atoms with E-state index in [1.807, 2.05) is 0 Å². The monoisotopic (exact) mass is 456 g/mol. The largest absolute Gasteiger partial charge is 0.477 e. The molecule has 6 nitrogen and oxygen atoms in total. The van der Waals surface area contributed by atoms with Gasteiger partial charge in [-0.2, -0.15) is 13.2 Å². The summed E-state index contributed by atoms with van der Waals surface area (Å²) in [5.41, 5.74) is -2.10. The fourth-order valence-electron chi connectivity index (χ4n) is 2.95. The van der Waals surface area contributed by atoms with Gasteiger partial charge in [-0.15, -0.1) is 0 Å². The molecule has 0 aliphatic carbocycles. The molecule has 162 valence electrons. The molecule has 11 heteroatoms. The summed E-state index contributed by atoms with van der Waals surface area (Å²) in [7, 11) is 0. The molecular weight excluding hydrogens is 444 g/mol. The highest BCUT2D eigenvalue weighted by atomic mass is 35.5. The molecule has 0 saturated carbocycles. The fraction of sp³-hybridized carbons (Fsp3) is 0.150. The molecule has 3 aromatic rings. The van der Waals surface area contributed by atoms with Crippen LogP contribution in [0.2, 0.25) is 5.02 Å². The number of aromatic nitrogens is 1. The molecule has 0 aliphatic heterocycles. The maximum Gasteiger partial charge on any atom is 0.416 e. The van der Waals surface area contributed by atoms with Gasteiger partial charge < -0.3 is 15.4 Å². The van der Waals surface area contributed by atoms with Crippen molar-refractivity contribution in [1.82, 2.24) is 10.3 Å². The summed E-state index contributed by atoms with van der Waals surface area (Å²) < 4.78 is 51.8. The van der Waals surface area contributed by atoms with E-state index >= 15 is 0 Å². The molecule has 0 aliphatic rings. The topological polar surface area (TPSA) is 99.3 Å². The summed E-state index contributed by atoms with van der Waals surface area (Å²) in [6.45, 7) is -0.152. The number of pyridine rings is 1. The molecule has 0 spiro atoms. The molecule has 0 unspecified atom stereocenters. The number of aromatic amines is 1. The summed E-state index contributed by atoms with van der Waals surface area (Å²) in [6.07, 6.45) is -5.21. The highest BCUT2D eigenvalue weighted by Crippen LogP contribution is 2.30. The number of aromatic carboxylic acids is 1. The van der Waals surface area contributed by atoms with E-state index in [0.29, 0.717) is 23.1 Å². The Morgan fingerprint density at radius 3 is 2.42 bits per heavy atom. The predicted octanol–water partition coefficient (Wildman–Crippen LogP) is 3.90. The second-order valence-corrected chi connectivity index (χ2v) is 7.04. The summed E-state index contributed by atoms with van der Waals surface area (Å²) in [5, 5.41) is 12.1. The lowest BCUT2D eigenvalue weighted by Gasteiger charge is -2.11. The van der Waals surface area contributed by atoms with Crippen molar-refractivity contribution in [2.24, 2.45) is 0 Å². The maximum absolute atomic E-state index is 13.9. The molecule has 3 rings (SSSR count). The number of benzene rings is 2. The van der Waals surface area contributed by atoms with Crippen LogP contribution in [0.5, 0.6) is 0 Å². The first-order chi connectivity index (χ1) is 14.5. The molecule has 0 saturated heterocycles. The second kappa shape index (κ2) is 8.38. The Labute approximate surface area is 176 Å². The van der Waals surface area contributed by atoms with Crippen LogP contribution in [-0.4, -0.2) is 22.0 Å². The highest BCUT2D eigenvalue weighted by molar-refractivity contribution is 6.31. The first-order valence-electron chi connectivity index (χ1n) is 8.67. The lowest BCUT2D eigenvalue weighted by molar-refractivity contribution is -0.137. The normalized spacial score (nSPS) is 11.5. The number of halogens is 5. The van der Waals surface area contributed by atoms with Gasteiger partial charge in [0, 0.05) is 17.0 Å². The Hall–Kier alpha value is -3.40. The van der Waals surface area contributed by atoms with Crippen molar-refractivity contribution in [2.45, 2.75) is 19.1 Å². The second-order valence-electron chi connectivity index (χ2n) is 6.60. The van der Waals surface area contributed by atoms with Crippen LogP contribution in [0.3, 0.4) is 0 Å². The van der Waals surface area contributed by atoms with Crippen molar-refractivity contribution >= 4 is 34.4 Å². The van der Waals surface area contributed by atoms with Crippen LogP contribution >= 0.6 is 11.6 Å². The van der Waals surface area contributed by atoms with E-state index in [-0.39, 0.29) is 22.6 Å². The van der Waals surface area contributed by atoms with E-state index < -0.39 is 47.0 Å². The van der Waals surface area contributed by atoms with Gasteiger partial charge in [0.05, 0.1) is 17.5 Å². The smallest absolute Gasteiger partial charge is 0.416 e. The van der Waals surface area contributed by atoms with Gasteiger partial charge in [0.2, 0.25) is 5.91 Å². The molecular formula is C20H13ClF4N2O4. The number of carboxylic acids is 1. The molecule has 0 bridgehead atoms. The Kier molecular flexibility index (Phi) is 6.03. The number of rotatable bonds is 5. The number of hydrogen-bond acceptors (Lipinski definition) is 3. The van der Waals surface area contributed by atoms with E-state index in [1.165, 1.54) is 12.1 Å². The standard InChI is InChI=1S/C20H13ClF4N2O4/c21-13-3-10-5-14(19(30)31)18(29)27-17(10)11(4-13)8-26-16(28)6-9-1-2-12(7-15(9)22)20(23,24)25/h1-5,7H,6,8H2,(H,26,28)(H,27,29)(H,30,31). The van der Waals surface area contributed by atoms with Crippen molar-refractivity contribution < 1.29 is 32.3 Å². The predicted molar refractivity (Wildman–Crippen MR) is 103 cm³/mol.